The van der Waals surface area contributed by atoms with Crippen molar-refractivity contribution in [2.75, 3.05) is 5.32 Å². The van der Waals surface area contributed by atoms with Crippen LogP contribution in [0.4, 0.5) is 5.69 Å². The molecule has 0 saturated carbocycles. The van der Waals surface area contributed by atoms with E-state index < -0.39 is 27.0 Å². The predicted octanol–water partition coefficient (Wildman–Crippen LogP) is 2.55. The van der Waals surface area contributed by atoms with Crippen LogP contribution in [-0.4, -0.2) is 30.7 Å². The van der Waals surface area contributed by atoms with Crippen molar-refractivity contribution in [2.24, 2.45) is 0 Å². The van der Waals surface area contributed by atoms with Crippen LogP contribution in [0.15, 0.2) is 41.0 Å². The third kappa shape index (κ3) is 4.23. The molecule has 0 unspecified atom stereocenters. The van der Waals surface area contributed by atoms with Gasteiger partial charge in [0, 0.05) is 11.8 Å². The zero-order valence-corrected chi connectivity index (χ0v) is 14.0. The van der Waals surface area contributed by atoms with Gasteiger partial charge in [0.15, 0.2) is 15.6 Å². The van der Waals surface area contributed by atoms with Crippen molar-refractivity contribution >= 4 is 27.4 Å². The molecule has 7 nitrogen and oxygen atoms in total. The topological polar surface area (TPSA) is 114 Å². The summed E-state index contributed by atoms with van der Waals surface area (Å²) in [5.41, 5.74) is 0.814. The molecule has 1 aromatic heterocycles. The summed E-state index contributed by atoms with van der Waals surface area (Å²) in [4.78, 5) is 22.8. The Labute approximate surface area is 139 Å². The van der Waals surface area contributed by atoms with Gasteiger partial charge in [0.2, 0.25) is 0 Å². The first-order valence-electron chi connectivity index (χ1n) is 7.13. The van der Waals surface area contributed by atoms with Gasteiger partial charge in [-0.2, -0.15) is 0 Å². The number of carboxylic acid groups (broad SMARTS) is 1. The van der Waals surface area contributed by atoms with E-state index in [4.69, 9.17) is 9.52 Å². The molecule has 0 aliphatic rings. The number of sulfone groups is 1. The van der Waals surface area contributed by atoms with Crippen LogP contribution < -0.4 is 5.32 Å². The minimum atomic E-state index is -3.25. The molecule has 1 aromatic carbocycles. The van der Waals surface area contributed by atoms with Crippen LogP contribution in [0.5, 0.6) is 0 Å². The molecule has 0 spiro atoms. The Kier molecular flexibility index (Phi) is 5.08. The zero-order valence-electron chi connectivity index (χ0n) is 13.1. The lowest BCUT2D eigenvalue weighted by molar-refractivity contribution is 0.0696. The fraction of sp³-hybridized carbons (Fsp3) is 0.250. The van der Waals surface area contributed by atoms with E-state index in [2.05, 4.69) is 5.32 Å². The average Bonchev–Trinajstić information content (AvgIpc) is 2.97. The van der Waals surface area contributed by atoms with E-state index in [1.54, 1.807) is 38.1 Å². The number of furan rings is 1. The number of carbonyl (C=O) groups excluding carboxylic acids is 1. The lowest BCUT2D eigenvalue weighted by Crippen LogP contribution is -2.16. The molecule has 0 bridgehead atoms. The number of anilines is 1. The highest BCUT2D eigenvalue weighted by atomic mass is 32.2. The number of amides is 1. The van der Waals surface area contributed by atoms with E-state index in [1.807, 2.05) is 0 Å². The minimum Gasteiger partial charge on any atom is -0.478 e. The van der Waals surface area contributed by atoms with Crippen molar-refractivity contribution in [1.82, 2.24) is 0 Å². The van der Waals surface area contributed by atoms with Crippen molar-refractivity contribution in [1.29, 1.82) is 0 Å². The Balaban J connectivity index is 2.14. The van der Waals surface area contributed by atoms with Crippen molar-refractivity contribution in [3.63, 3.8) is 0 Å². The maximum atomic E-state index is 12.0. The Morgan fingerprint density at radius 3 is 2.54 bits per heavy atom. The third-order valence-electron chi connectivity index (χ3n) is 3.34. The smallest absolute Gasteiger partial charge is 0.338 e. The van der Waals surface area contributed by atoms with Gasteiger partial charge in [0.25, 0.3) is 5.91 Å². The highest BCUT2D eigenvalue weighted by molar-refractivity contribution is 7.91. The Morgan fingerprint density at radius 2 is 1.96 bits per heavy atom. The molecule has 0 aliphatic carbocycles. The summed E-state index contributed by atoms with van der Waals surface area (Å²) < 4.78 is 28.8. The lowest BCUT2D eigenvalue weighted by atomic mass is 10.2. The third-order valence-corrected chi connectivity index (χ3v) is 5.51. The van der Waals surface area contributed by atoms with Crippen molar-refractivity contribution in [3.05, 3.63) is 53.5 Å². The van der Waals surface area contributed by atoms with Gasteiger partial charge < -0.3 is 14.8 Å². The molecule has 24 heavy (non-hydrogen) atoms. The number of hydrogen-bond acceptors (Lipinski definition) is 5. The number of carbonyl (C=O) groups is 2. The number of benzene rings is 1. The van der Waals surface area contributed by atoms with Crippen LogP contribution in [0, 0.1) is 0 Å². The van der Waals surface area contributed by atoms with Gasteiger partial charge in [-0.15, -0.1) is 0 Å². The zero-order chi connectivity index (χ0) is 17.9. The second-order valence-electron chi connectivity index (χ2n) is 5.52. The Bertz CT molecular complexity index is 866. The standard InChI is InChI=1S/C16H17NO6S/c1-10(2)24(21,22)9-11-4-3-5-13(6-11)17-15(18)14-7-12(8-23-14)16(19)20/h3-8,10H,9H2,1-2H3,(H,17,18)(H,19,20). The maximum absolute atomic E-state index is 12.0. The average molecular weight is 351 g/mol. The summed E-state index contributed by atoms with van der Waals surface area (Å²) in [7, 11) is -3.25. The van der Waals surface area contributed by atoms with Crippen LogP contribution >= 0.6 is 0 Å². The molecule has 0 radical (unpaired) electrons. The first-order chi connectivity index (χ1) is 11.2. The van der Waals surface area contributed by atoms with Crippen LogP contribution in [0.2, 0.25) is 0 Å². The molecule has 128 valence electrons. The molecule has 0 saturated heterocycles. The van der Waals surface area contributed by atoms with Crippen LogP contribution in [0.1, 0.15) is 40.3 Å². The number of rotatable bonds is 6. The summed E-state index contributed by atoms with van der Waals surface area (Å²) in [6.45, 7) is 3.22. The van der Waals surface area contributed by atoms with E-state index in [9.17, 15) is 18.0 Å². The van der Waals surface area contributed by atoms with E-state index in [0.717, 1.165) is 12.3 Å². The molecular weight excluding hydrogens is 334 g/mol. The summed E-state index contributed by atoms with van der Waals surface area (Å²) in [6, 6.07) is 7.56. The largest absolute Gasteiger partial charge is 0.478 e. The summed E-state index contributed by atoms with van der Waals surface area (Å²) >= 11 is 0. The molecule has 2 rings (SSSR count). The molecular formula is C16H17NO6S. The molecule has 2 aromatic rings. The van der Waals surface area contributed by atoms with Gasteiger partial charge >= 0.3 is 5.97 Å². The van der Waals surface area contributed by atoms with Crippen molar-refractivity contribution in [2.45, 2.75) is 24.9 Å². The van der Waals surface area contributed by atoms with E-state index in [1.165, 1.54) is 0 Å². The van der Waals surface area contributed by atoms with E-state index >= 15 is 0 Å². The fourth-order valence-corrected chi connectivity index (χ4v) is 2.88. The van der Waals surface area contributed by atoms with Gasteiger partial charge in [-0.3, -0.25) is 4.79 Å². The molecule has 0 atom stereocenters. The number of hydrogen-bond donors (Lipinski definition) is 2. The number of carboxylic acids is 1. The SMILES string of the molecule is CC(C)S(=O)(=O)Cc1cccc(NC(=O)c2cc(C(=O)O)co2)c1. The van der Waals surface area contributed by atoms with Gasteiger partial charge in [0.1, 0.15) is 6.26 Å². The highest BCUT2D eigenvalue weighted by Gasteiger charge is 2.18. The summed E-state index contributed by atoms with van der Waals surface area (Å²) in [5.74, 6) is -2.09. The second-order valence-corrected chi connectivity index (χ2v) is 8.07. The van der Waals surface area contributed by atoms with Gasteiger partial charge in [-0.05, 0) is 31.5 Å². The molecule has 8 heteroatoms. The van der Waals surface area contributed by atoms with Crippen LogP contribution in [0.25, 0.3) is 0 Å². The first-order valence-corrected chi connectivity index (χ1v) is 8.84. The molecule has 0 fully saturated rings. The van der Waals surface area contributed by atoms with E-state index in [0.29, 0.717) is 11.3 Å². The fourth-order valence-electron chi connectivity index (χ4n) is 1.90. The highest BCUT2D eigenvalue weighted by Crippen LogP contribution is 2.17. The van der Waals surface area contributed by atoms with Crippen LogP contribution in [-0.2, 0) is 15.6 Å². The Hall–Kier alpha value is -2.61. The van der Waals surface area contributed by atoms with Gasteiger partial charge in [-0.25, -0.2) is 13.2 Å². The van der Waals surface area contributed by atoms with Crippen molar-refractivity contribution in [3.8, 4) is 0 Å². The summed E-state index contributed by atoms with van der Waals surface area (Å²) in [6.07, 6.45) is 0.975. The first kappa shape index (κ1) is 17.7. The molecule has 1 heterocycles. The second kappa shape index (κ2) is 6.88. The Morgan fingerprint density at radius 1 is 1.25 bits per heavy atom. The minimum absolute atomic E-state index is 0.127. The molecule has 2 N–H and O–H groups in total. The van der Waals surface area contributed by atoms with Gasteiger partial charge in [0.05, 0.1) is 16.6 Å². The van der Waals surface area contributed by atoms with Gasteiger partial charge in [-0.1, -0.05) is 12.1 Å². The monoisotopic (exact) mass is 351 g/mol. The quantitative estimate of drug-likeness (QED) is 0.827. The summed E-state index contributed by atoms with van der Waals surface area (Å²) in [5, 5.41) is 10.9. The van der Waals surface area contributed by atoms with Crippen LogP contribution in [0.3, 0.4) is 0 Å². The molecule has 0 aliphatic heterocycles. The number of aromatic carboxylic acids is 1. The number of nitrogens with one attached hydrogen (secondary N) is 1. The molecule has 1 amide bonds. The normalized spacial score (nSPS) is 11.5. The predicted molar refractivity (Wildman–Crippen MR) is 87.8 cm³/mol. The maximum Gasteiger partial charge on any atom is 0.338 e. The van der Waals surface area contributed by atoms with Crippen molar-refractivity contribution < 1.29 is 27.5 Å². The lowest BCUT2D eigenvalue weighted by Gasteiger charge is -2.09. The van der Waals surface area contributed by atoms with E-state index in [-0.39, 0.29) is 17.1 Å².